The summed E-state index contributed by atoms with van der Waals surface area (Å²) in [4.78, 5) is 41.6. The first kappa shape index (κ1) is 22.4. The molecule has 1 saturated carbocycles. The highest BCUT2D eigenvalue weighted by Gasteiger charge is 2.49. The number of piperazine rings is 1. The third-order valence-electron chi connectivity index (χ3n) is 6.48. The first-order chi connectivity index (χ1) is 16.3. The number of methoxy groups -OCH3 is 1. The van der Waals surface area contributed by atoms with E-state index in [-0.39, 0.29) is 40.3 Å². The number of carbonyl (C=O) groups excluding carboxylic acids is 3. The molecule has 1 saturated heterocycles. The van der Waals surface area contributed by atoms with Crippen LogP contribution in [0.3, 0.4) is 0 Å². The topological polar surface area (TPSA) is 104 Å². The van der Waals surface area contributed by atoms with Crippen LogP contribution in [0.1, 0.15) is 39.1 Å². The molecule has 5 rings (SSSR count). The Morgan fingerprint density at radius 3 is 2.38 bits per heavy atom. The van der Waals surface area contributed by atoms with Crippen molar-refractivity contribution in [1.82, 2.24) is 14.1 Å². The second kappa shape index (κ2) is 8.43. The van der Waals surface area contributed by atoms with E-state index in [1.165, 1.54) is 18.2 Å². The van der Waals surface area contributed by atoms with E-state index < -0.39 is 15.9 Å². The van der Waals surface area contributed by atoms with Gasteiger partial charge in [-0.1, -0.05) is 12.1 Å². The van der Waals surface area contributed by atoms with Gasteiger partial charge in [0.15, 0.2) is 0 Å². The molecule has 9 nitrogen and oxygen atoms in total. The van der Waals surface area contributed by atoms with Gasteiger partial charge >= 0.3 is 0 Å². The fraction of sp³-hybridized carbons (Fsp3) is 0.375. The van der Waals surface area contributed by atoms with Crippen molar-refractivity contribution in [3.8, 4) is 5.75 Å². The Kier molecular flexibility index (Phi) is 5.55. The van der Waals surface area contributed by atoms with Crippen molar-refractivity contribution in [1.29, 1.82) is 0 Å². The van der Waals surface area contributed by atoms with Gasteiger partial charge in [-0.15, -0.1) is 0 Å². The highest BCUT2D eigenvalue weighted by atomic mass is 32.2. The zero-order chi connectivity index (χ0) is 24.0. The fourth-order valence-corrected chi connectivity index (χ4v) is 6.30. The zero-order valence-corrected chi connectivity index (χ0v) is 19.6. The minimum Gasteiger partial charge on any atom is -0.497 e. The van der Waals surface area contributed by atoms with Crippen LogP contribution in [-0.4, -0.2) is 79.6 Å². The van der Waals surface area contributed by atoms with Gasteiger partial charge in [0.25, 0.3) is 21.8 Å². The molecular formula is C24H25N3O6S. The van der Waals surface area contributed by atoms with Crippen LogP contribution in [0.4, 0.5) is 0 Å². The predicted octanol–water partition coefficient (Wildman–Crippen LogP) is 1.53. The monoisotopic (exact) mass is 483 g/mol. The van der Waals surface area contributed by atoms with Crippen molar-refractivity contribution in [2.75, 3.05) is 33.3 Å². The Morgan fingerprint density at radius 2 is 1.71 bits per heavy atom. The second-order valence-corrected chi connectivity index (χ2v) is 10.5. The fourth-order valence-electron chi connectivity index (χ4n) is 4.46. The van der Waals surface area contributed by atoms with Gasteiger partial charge in [0, 0.05) is 37.8 Å². The van der Waals surface area contributed by atoms with Crippen LogP contribution >= 0.6 is 0 Å². The predicted molar refractivity (Wildman–Crippen MR) is 122 cm³/mol. The molecular weight excluding hydrogens is 458 g/mol. The standard InChI is InChI=1S/C24H25N3O6S/c1-33-19-4-2-3-16(13-19)14-22(28)25-9-11-26(12-10-25)23(29)17-5-8-20-21(15-17)34(31,32)27(24(20)30)18-6-7-18/h2-5,8,13,15,18H,6-7,9-12,14H2,1H3. The lowest BCUT2D eigenvalue weighted by molar-refractivity contribution is -0.131. The van der Waals surface area contributed by atoms with E-state index in [4.69, 9.17) is 4.74 Å². The maximum atomic E-state index is 13.1. The summed E-state index contributed by atoms with van der Waals surface area (Å²) in [6, 6.07) is 11.3. The third kappa shape index (κ3) is 3.91. The third-order valence-corrected chi connectivity index (χ3v) is 8.36. The van der Waals surface area contributed by atoms with Crippen molar-refractivity contribution in [2.24, 2.45) is 0 Å². The van der Waals surface area contributed by atoms with Crippen molar-refractivity contribution in [3.05, 3.63) is 59.2 Å². The zero-order valence-electron chi connectivity index (χ0n) is 18.8. The van der Waals surface area contributed by atoms with Crippen molar-refractivity contribution >= 4 is 27.7 Å². The molecule has 0 aromatic heterocycles. The summed E-state index contributed by atoms with van der Waals surface area (Å²) >= 11 is 0. The maximum absolute atomic E-state index is 13.1. The van der Waals surface area contributed by atoms with Crippen LogP contribution in [0.2, 0.25) is 0 Å². The van der Waals surface area contributed by atoms with E-state index in [2.05, 4.69) is 0 Å². The van der Waals surface area contributed by atoms with Gasteiger partial charge in [-0.25, -0.2) is 12.7 Å². The van der Waals surface area contributed by atoms with Gasteiger partial charge in [0.2, 0.25) is 5.91 Å². The number of hydrogen-bond donors (Lipinski definition) is 0. The number of sulfonamides is 1. The van der Waals surface area contributed by atoms with Gasteiger partial charge < -0.3 is 14.5 Å². The molecule has 2 aromatic rings. The van der Waals surface area contributed by atoms with Gasteiger partial charge in [-0.3, -0.25) is 14.4 Å². The molecule has 2 aromatic carbocycles. The number of ether oxygens (including phenoxy) is 1. The molecule has 0 radical (unpaired) electrons. The molecule has 178 valence electrons. The van der Waals surface area contributed by atoms with Crippen LogP contribution < -0.4 is 4.74 Å². The van der Waals surface area contributed by atoms with E-state index in [1.807, 2.05) is 24.3 Å². The van der Waals surface area contributed by atoms with Crippen molar-refractivity contribution in [3.63, 3.8) is 0 Å². The van der Waals surface area contributed by atoms with Crippen LogP contribution in [0, 0.1) is 0 Å². The molecule has 0 spiro atoms. The summed E-state index contributed by atoms with van der Waals surface area (Å²) in [7, 11) is -2.34. The lowest BCUT2D eigenvalue weighted by Gasteiger charge is -2.35. The quantitative estimate of drug-likeness (QED) is 0.639. The molecule has 2 aliphatic heterocycles. The summed E-state index contributed by atoms with van der Waals surface area (Å²) in [6.45, 7) is 1.48. The average molecular weight is 484 g/mol. The Labute approximate surface area is 197 Å². The van der Waals surface area contributed by atoms with Gasteiger partial charge in [0.1, 0.15) is 10.6 Å². The average Bonchev–Trinajstić information content (AvgIpc) is 3.65. The molecule has 2 fully saturated rings. The molecule has 0 N–H and O–H groups in total. The smallest absolute Gasteiger partial charge is 0.269 e. The first-order valence-corrected chi connectivity index (χ1v) is 12.7. The highest BCUT2D eigenvalue weighted by molar-refractivity contribution is 7.90. The SMILES string of the molecule is COc1cccc(CC(=O)N2CCN(C(=O)c3ccc4c(c3)S(=O)(=O)N(C3CC3)C4=O)CC2)c1. The number of carbonyl (C=O) groups is 3. The molecule has 2 heterocycles. The Balaban J connectivity index is 1.24. The van der Waals surface area contributed by atoms with Gasteiger partial charge in [-0.05, 0) is 48.7 Å². The molecule has 3 amide bonds. The number of nitrogens with zero attached hydrogens (tertiary/aromatic N) is 3. The minimum atomic E-state index is -3.92. The second-order valence-electron chi connectivity index (χ2n) is 8.75. The summed E-state index contributed by atoms with van der Waals surface area (Å²) in [5.74, 6) is -0.156. The number of amides is 3. The van der Waals surface area contributed by atoms with E-state index in [0.717, 1.165) is 9.87 Å². The van der Waals surface area contributed by atoms with E-state index in [9.17, 15) is 22.8 Å². The van der Waals surface area contributed by atoms with Crippen molar-refractivity contribution < 1.29 is 27.5 Å². The normalized spacial score (nSPS) is 19.2. The summed E-state index contributed by atoms with van der Waals surface area (Å²) in [5.41, 5.74) is 1.21. The van der Waals surface area contributed by atoms with Crippen LogP contribution in [0.15, 0.2) is 47.4 Å². The lowest BCUT2D eigenvalue weighted by Crippen LogP contribution is -2.51. The molecule has 0 unspecified atom stereocenters. The number of fused-ring (bicyclic) bond motifs is 1. The lowest BCUT2D eigenvalue weighted by atomic mass is 10.1. The highest BCUT2D eigenvalue weighted by Crippen LogP contribution is 2.39. The van der Waals surface area contributed by atoms with E-state index in [1.54, 1.807) is 16.9 Å². The van der Waals surface area contributed by atoms with Crippen LogP contribution in [0.25, 0.3) is 0 Å². The molecule has 34 heavy (non-hydrogen) atoms. The number of hydrogen-bond acceptors (Lipinski definition) is 6. The Bertz CT molecular complexity index is 1280. The molecule has 10 heteroatoms. The number of benzene rings is 2. The molecule has 0 bridgehead atoms. The Morgan fingerprint density at radius 1 is 1.00 bits per heavy atom. The van der Waals surface area contributed by atoms with E-state index in [0.29, 0.717) is 44.8 Å². The Hall–Kier alpha value is -3.40. The molecule has 0 atom stereocenters. The van der Waals surface area contributed by atoms with Crippen LogP contribution in [-0.2, 0) is 21.2 Å². The summed E-state index contributed by atoms with van der Waals surface area (Å²) in [5, 5.41) is 0. The van der Waals surface area contributed by atoms with Gasteiger partial charge in [0.05, 0.1) is 19.1 Å². The van der Waals surface area contributed by atoms with Crippen molar-refractivity contribution in [2.45, 2.75) is 30.2 Å². The maximum Gasteiger partial charge on any atom is 0.269 e. The molecule has 3 aliphatic rings. The van der Waals surface area contributed by atoms with E-state index >= 15 is 0 Å². The minimum absolute atomic E-state index is 0.0253. The largest absolute Gasteiger partial charge is 0.497 e. The summed E-state index contributed by atoms with van der Waals surface area (Å²) < 4.78 is 31.9. The first-order valence-electron chi connectivity index (χ1n) is 11.2. The van der Waals surface area contributed by atoms with Crippen LogP contribution in [0.5, 0.6) is 5.75 Å². The molecule has 1 aliphatic carbocycles. The number of rotatable bonds is 5. The van der Waals surface area contributed by atoms with Gasteiger partial charge in [-0.2, -0.15) is 0 Å². The summed E-state index contributed by atoms with van der Waals surface area (Å²) in [6.07, 6.45) is 1.59.